The van der Waals surface area contributed by atoms with Crippen LogP contribution in [0.3, 0.4) is 0 Å². The maximum Gasteiger partial charge on any atom is 0.129 e. The summed E-state index contributed by atoms with van der Waals surface area (Å²) in [6.07, 6.45) is 2.06. The first-order valence-electron chi connectivity index (χ1n) is 10.6. The fraction of sp³-hybridized carbons (Fsp3) is 0.727. The summed E-state index contributed by atoms with van der Waals surface area (Å²) in [6.45, 7) is 23.1. The molecule has 0 bridgehead atoms. The molecule has 0 saturated heterocycles. The number of para-hydroxylation sites is 1. The van der Waals surface area contributed by atoms with Crippen LogP contribution in [-0.2, 0) is 9.47 Å². The highest BCUT2D eigenvalue weighted by molar-refractivity contribution is 6.77. The van der Waals surface area contributed by atoms with E-state index in [2.05, 4.69) is 102 Å². The SMILES string of the molecule is CCC(OC(C)N(c1ccccc1)C(C)OC(CC)[Si](C)(C)C)[Si](C)(C)C. The Morgan fingerprint density at radius 1 is 0.741 bits per heavy atom. The van der Waals surface area contributed by atoms with E-state index in [-0.39, 0.29) is 12.5 Å². The molecule has 0 aliphatic heterocycles. The van der Waals surface area contributed by atoms with Gasteiger partial charge in [0.2, 0.25) is 0 Å². The fourth-order valence-corrected chi connectivity index (χ4v) is 7.41. The van der Waals surface area contributed by atoms with E-state index >= 15 is 0 Å². The summed E-state index contributed by atoms with van der Waals surface area (Å²) >= 11 is 0. The number of nitrogens with zero attached hydrogens (tertiary/aromatic N) is 1. The van der Waals surface area contributed by atoms with Crippen LogP contribution in [0.15, 0.2) is 30.3 Å². The molecule has 0 saturated carbocycles. The Morgan fingerprint density at radius 2 is 1.11 bits per heavy atom. The van der Waals surface area contributed by atoms with E-state index in [1.54, 1.807) is 0 Å². The molecule has 0 spiro atoms. The highest BCUT2D eigenvalue weighted by atomic mass is 28.3. The van der Waals surface area contributed by atoms with Crippen molar-refractivity contribution in [3.63, 3.8) is 0 Å². The minimum atomic E-state index is -1.38. The Bertz CT molecular complexity index is 509. The summed E-state index contributed by atoms with van der Waals surface area (Å²) < 4.78 is 13.2. The van der Waals surface area contributed by atoms with E-state index in [0.29, 0.717) is 11.5 Å². The maximum atomic E-state index is 6.62. The molecular formula is C22H43NO2Si2. The minimum absolute atomic E-state index is 0.0294. The Labute approximate surface area is 170 Å². The van der Waals surface area contributed by atoms with Crippen molar-refractivity contribution in [2.45, 2.75) is 104 Å². The number of ether oxygens (including phenoxy) is 2. The van der Waals surface area contributed by atoms with Crippen LogP contribution in [-0.4, -0.2) is 40.1 Å². The summed E-state index contributed by atoms with van der Waals surface area (Å²) in [5.74, 6) is 0. The number of hydrogen-bond donors (Lipinski definition) is 0. The molecule has 0 N–H and O–H groups in total. The van der Waals surface area contributed by atoms with Gasteiger partial charge >= 0.3 is 0 Å². The molecule has 5 heteroatoms. The molecule has 1 rings (SSSR count). The number of hydrogen-bond acceptors (Lipinski definition) is 3. The lowest BCUT2D eigenvalue weighted by molar-refractivity contribution is -0.0261. The fourth-order valence-electron chi connectivity index (χ4n) is 3.75. The van der Waals surface area contributed by atoms with Gasteiger partial charge in [0, 0.05) is 5.69 Å². The monoisotopic (exact) mass is 409 g/mol. The van der Waals surface area contributed by atoms with Crippen molar-refractivity contribution >= 4 is 21.8 Å². The second kappa shape index (κ2) is 10.2. The zero-order chi connectivity index (χ0) is 20.8. The smallest absolute Gasteiger partial charge is 0.129 e. The van der Waals surface area contributed by atoms with Crippen LogP contribution >= 0.6 is 0 Å². The van der Waals surface area contributed by atoms with Crippen LogP contribution in [0.25, 0.3) is 0 Å². The van der Waals surface area contributed by atoms with Crippen LogP contribution in [0.1, 0.15) is 40.5 Å². The van der Waals surface area contributed by atoms with Gasteiger partial charge in [-0.3, -0.25) is 0 Å². The molecule has 156 valence electrons. The summed E-state index contributed by atoms with van der Waals surface area (Å²) in [5, 5.41) is 0. The molecule has 0 aliphatic carbocycles. The summed E-state index contributed by atoms with van der Waals surface area (Å²) in [5.41, 5.74) is 1.84. The van der Waals surface area contributed by atoms with Gasteiger partial charge in [-0.25, -0.2) is 0 Å². The van der Waals surface area contributed by atoms with Crippen LogP contribution in [0.4, 0.5) is 5.69 Å². The normalized spacial score (nSPS) is 17.3. The van der Waals surface area contributed by atoms with Crippen molar-refractivity contribution < 1.29 is 9.47 Å². The first kappa shape index (κ1) is 24.4. The molecule has 1 aromatic rings. The third kappa shape index (κ3) is 7.37. The minimum Gasteiger partial charge on any atom is -0.359 e. The second-order valence-corrected chi connectivity index (χ2v) is 20.5. The van der Waals surface area contributed by atoms with Gasteiger partial charge in [-0.2, -0.15) is 0 Å². The van der Waals surface area contributed by atoms with Crippen molar-refractivity contribution in [3.05, 3.63) is 30.3 Å². The lowest BCUT2D eigenvalue weighted by Gasteiger charge is -2.42. The first-order chi connectivity index (χ1) is 12.4. The number of anilines is 1. The first-order valence-corrected chi connectivity index (χ1v) is 17.7. The molecule has 0 heterocycles. The molecule has 0 amide bonds. The molecule has 0 aliphatic rings. The van der Waals surface area contributed by atoms with Crippen molar-refractivity contribution in [1.82, 2.24) is 0 Å². The number of rotatable bonds is 11. The summed E-state index contributed by atoms with van der Waals surface area (Å²) in [6, 6.07) is 10.6. The lowest BCUT2D eigenvalue weighted by atomic mass is 10.2. The topological polar surface area (TPSA) is 21.7 Å². The molecule has 0 radical (unpaired) electrons. The second-order valence-electron chi connectivity index (χ2n) is 9.74. The highest BCUT2D eigenvalue weighted by Crippen LogP contribution is 2.27. The van der Waals surface area contributed by atoms with Crippen molar-refractivity contribution in [3.8, 4) is 0 Å². The zero-order valence-corrected chi connectivity index (χ0v) is 21.4. The van der Waals surface area contributed by atoms with E-state index in [0.717, 1.165) is 18.5 Å². The Hall–Kier alpha value is -0.626. The van der Waals surface area contributed by atoms with E-state index in [4.69, 9.17) is 9.47 Å². The van der Waals surface area contributed by atoms with Crippen LogP contribution in [0.2, 0.25) is 39.3 Å². The quantitative estimate of drug-likeness (QED) is 0.306. The van der Waals surface area contributed by atoms with Gasteiger partial charge < -0.3 is 14.4 Å². The molecule has 0 aromatic heterocycles. The van der Waals surface area contributed by atoms with E-state index in [1.807, 2.05) is 0 Å². The van der Waals surface area contributed by atoms with E-state index in [1.165, 1.54) is 0 Å². The molecule has 27 heavy (non-hydrogen) atoms. The van der Waals surface area contributed by atoms with Gasteiger partial charge in [0.05, 0.1) is 27.6 Å². The molecule has 4 atom stereocenters. The summed E-state index contributed by atoms with van der Waals surface area (Å²) in [4.78, 5) is 2.31. The average molecular weight is 410 g/mol. The van der Waals surface area contributed by atoms with Gasteiger partial charge in [-0.15, -0.1) is 0 Å². The Balaban J connectivity index is 3.10. The van der Waals surface area contributed by atoms with Gasteiger partial charge in [-0.1, -0.05) is 71.3 Å². The standard InChI is InChI=1S/C22H43NO2Si2/c1-11-21(26(5,6)7)24-18(3)23(20-16-14-13-15-17-20)19(4)25-22(12-2)27(8,9)10/h13-19,21-22H,11-12H2,1-10H3. The number of benzene rings is 1. The van der Waals surface area contributed by atoms with Crippen LogP contribution < -0.4 is 4.90 Å². The van der Waals surface area contributed by atoms with Crippen molar-refractivity contribution in [2.24, 2.45) is 0 Å². The van der Waals surface area contributed by atoms with E-state index in [9.17, 15) is 0 Å². The molecular weight excluding hydrogens is 366 g/mol. The van der Waals surface area contributed by atoms with Crippen LogP contribution in [0, 0.1) is 0 Å². The van der Waals surface area contributed by atoms with E-state index < -0.39 is 16.1 Å². The molecule has 1 aromatic carbocycles. The van der Waals surface area contributed by atoms with Crippen molar-refractivity contribution in [2.75, 3.05) is 4.90 Å². The maximum absolute atomic E-state index is 6.62. The third-order valence-electron chi connectivity index (χ3n) is 5.23. The largest absolute Gasteiger partial charge is 0.359 e. The predicted octanol–water partition coefficient (Wildman–Crippen LogP) is 6.53. The molecule has 4 unspecified atom stereocenters. The van der Waals surface area contributed by atoms with Gasteiger partial charge in [-0.05, 0) is 38.8 Å². The van der Waals surface area contributed by atoms with Crippen LogP contribution in [0.5, 0.6) is 0 Å². The molecule has 0 fully saturated rings. The summed E-state index contributed by atoms with van der Waals surface area (Å²) in [7, 11) is -2.77. The molecule has 3 nitrogen and oxygen atoms in total. The predicted molar refractivity (Wildman–Crippen MR) is 125 cm³/mol. The highest BCUT2D eigenvalue weighted by Gasteiger charge is 2.33. The van der Waals surface area contributed by atoms with Gasteiger partial charge in [0.25, 0.3) is 0 Å². The Morgan fingerprint density at radius 3 is 1.41 bits per heavy atom. The average Bonchev–Trinajstić information content (AvgIpc) is 2.56. The lowest BCUT2D eigenvalue weighted by Crippen LogP contribution is -2.52. The van der Waals surface area contributed by atoms with Crippen molar-refractivity contribution in [1.29, 1.82) is 0 Å². The van der Waals surface area contributed by atoms with Gasteiger partial charge in [0.1, 0.15) is 12.5 Å². The zero-order valence-electron chi connectivity index (χ0n) is 19.4. The third-order valence-corrected chi connectivity index (χ3v) is 10.2. The van der Waals surface area contributed by atoms with Gasteiger partial charge in [0.15, 0.2) is 0 Å². The Kier molecular flexibility index (Phi) is 9.26.